The normalized spacial score (nSPS) is 29.2. The first kappa shape index (κ1) is 12.1. The molecule has 2 atom stereocenters. The van der Waals surface area contributed by atoms with Gasteiger partial charge in [-0.25, -0.2) is 0 Å². The van der Waals surface area contributed by atoms with Crippen LogP contribution in [0.4, 0.5) is 0 Å². The van der Waals surface area contributed by atoms with Gasteiger partial charge in [0.15, 0.2) is 5.78 Å². The van der Waals surface area contributed by atoms with Crippen molar-refractivity contribution in [1.29, 1.82) is 0 Å². The summed E-state index contributed by atoms with van der Waals surface area (Å²) >= 11 is 5.72. The highest BCUT2D eigenvalue weighted by Crippen LogP contribution is 2.39. The quantitative estimate of drug-likeness (QED) is 0.747. The lowest BCUT2D eigenvalue weighted by atomic mass is 9.68. The van der Waals surface area contributed by atoms with Crippen molar-refractivity contribution in [3.63, 3.8) is 0 Å². The van der Waals surface area contributed by atoms with E-state index in [4.69, 9.17) is 11.6 Å². The molecule has 0 saturated heterocycles. The van der Waals surface area contributed by atoms with Gasteiger partial charge in [0.25, 0.3) is 0 Å². The first-order chi connectivity index (χ1) is 6.85. The van der Waals surface area contributed by atoms with Crippen LogP contribution < -0.4 is 0 Å². The lowest BCUT2D eigenvalue weighted by molar-refractivity contribution is -0.149. The van der Waals surface area contributed by atoms with E-state index in [0.29, 0.717) is 11.3 Å². The fraction of sp³-hybridized carbons (Fsp3) is 0.455. The standard InChI is InChI=1S/C11H13ClO3/c1-8(14)10(2,15)11(7-13)5-3-9(12)4-6-11/h3-5,7,15H,6H2,1-2H3/t10-,11+/m0/s1. The first-order valence-corrected chi connectivity index (χ1v) is 4.98. The average molecular weight is 229 g/mol. The van der Waals surface area contributed by atoms with Gasteiger partial charge in [0, 0.05) is 5.03 Å². The molecule has 0 fully saturated rings. The minimum atomic E-state index is -1.70. The molecule has 4 heteroatoms. The van der Waals surface area contributed by atoms with Gasteiger partial charge in [-0.05, 0) is 26.3 Å². The number of rotatable bonds is 3. The van der Waals surface area contributed by atoms with Crippen LogP contribution in [0.1, 0.15) is 20.3 Å². The molecular weight excluding hydrogens is 216 g/mol. The van der Waals surface area contributed by atoms with Gasteiger partial charge in [0.2, 0.25) is 0 Å². The molecule has 0 radical (unpaired) electrons. The maximum atomic E-state index is 11.3. The molecular formula is C11H13ClO3. The third-order valence-corrected chi connectivity index (χ3v) is 3.26. The second-order valence-electron chi connectivity index (χ2n) is 3.91. The molecule has 1 aliphatic carbocycles. The van der Waals surface area contributed by atoms with Gasteiger partial charge < -0.3 is 9.90 Å². The molecule has 0 aromatic rings. The van der Waals surface area contributed by atoms with E-state index < -0.39 is 16.8 Å². The topological polar surface area (TPSA) is 54.4 Å². The summed E-state index contributed by atoms with van der Waals surface area (Å²) in [5.41, 5.74) is -2.89. The van der Waals surface area contributed by atoms with E-state index in [1.165, 1.54) is 26.0 Å². The lowest BCUT2D eigenvalue weighted by Crippen LogP contribution is -2.51. The molecule has 0 unspecified atom stereocenters. The van der Waals surface area contributed by atoms with Crippen molar-refractivity contribution in [3.8, 4) is 0 Å². The summed E-state index contributed by atoms with van der Waals surface area (Å²) in [6.45, 7) is 2.61. The average Bonchev–Trinajstić information content (AvgIpc) is 2.19. The molecule has 0 heterocycles. The predicted octanol–water partition coefficient (Wildman–Crippen LogP) is 1.59. The molecule has 15 heavy (non-hydrogen) atoms. The highest BCUT2D eigenvalue weighted by molar-refractivity contribution is 6.31. The van der Waals surface area contributed by atoms with E-state index in [2.05, 4.69) is 0 Å². The molecule has 3 nitrogen and oxygen atoms in total. The summed E-state index contributed by atoms with van der Waals surface area (Å²) in [7, 11) is 0. The number of hydrogen-bond donors (Lipinski definition) is 1. The van der Waals surface area contributed by atoms with E-state index in [1.54, 1.807) is 6.08 Å². The number of aliphatic hydroxyl groups is 1. The predicted molar refractivity (Wildman–Crippen MR) is 57.5 cm³/mol. The zero-order chi connectivity index (χ0) is 11.7. The molecule has 0 aliphatic heterocycles. The number of Topliss-reactive ketones (excluding diaryl/α,β-unsaturated/α-hetero) is 1. The number of carbonyl (C=O) groups excluding carboxylic acids is 2. The Kier molecular flexibility index (Phi) is 3.16. The molecule has 1 rings (SSSR count). The van der Waals surface area contributed by atoms with Crippen molar-refractivity contribution >= 4 is 23.7 Å². The minimum absolute atomic E-state index is 0.235. The van der Waals surface area contributed by atoms with Crippen molar-refractivity contribution in [1.82, 2.24) is 0 Å². The van der Waals surface area contributed by atoms with Crippen LogP contribution in [-0.2, 0) is 9.59 Å². The molecule has 0 bridgehead atoms. The van der Waals surface area contributed by atoms with Gasteiger partial charge in [-0.1, -0.05) is 23.8 Å². The SMILES string of the molecule is CC(=O)[C@](C)(O)[C@]1(C=O)C=CC(Cl)=CC1. The van der Waals surface area contributed by atoms with Gasteiger partial charge >= 0.3 is 0 Å². The van der Waals surface area contributed by atoms with Crippen LogP contribution in [-0.4, -0.2) is 22.8 Å². The monoisotopic (exact) mass is 228 g/mol. The van der Waals surface area contributed by atoms with E-state index in [-0.39, 0.29) is 6.42 Å². The number of allylic oxidation sites excluding steroid dienone is 3. The summed E-state index contributed by atoms with van der Waals surface area (Å²) in [5, 5.41) is 10.6. The largest absolute Gasteiger partial charge is 0.381 e. The Balaban J connectivity index is 3.14. The molecule has 82 valence electrons. The van der Waals surface area contributed by atoms with Crippen molar-refractivity contribution in [2.75, 3.05) is 0 Å². The minimum Gasteiger partial charge on any atom is -0.381 e. The zero-order valence-electron chi connectivity index (χ0n) is 8.66. The number of carbonyl (C=O) groups is 2. The van der Waals surface area contributed by atoms with Crippen LogP contribution in [0.5, 0.6) is 0 Å². The Morgan fingerprint density at radius 3 is 2.67 bits per heavy atom. The highest BCUT2D eigenvalue weighted by Gasteiger charge is 2.48. The Morgan fingerprint density at radius 1 is 1.73 bits per heavy atom. The van der Waals surface area contributed by atoms with E-state index in [9.17, 15) is 14.7 Å². The highest BCUT2D eigenvalue weighted by atomic mass is 35.5. The molecule has 0 spiro atoms. The fourth-order valence-electron chi connectivity index (χ4n) is 1.52. The van der Waals surface area contributed by atoms with Gasteiger partial charge in [0.05, 0.1) is 5.41 Å². The third kappa shape index (κ3) is 1.90. The van der Waals surface area contributed by atoms with Gasteiger partial charge in [-0.3, -0.25) is 4.79 Å². The fourth-order valence-corrected chi connectivity index (χ4v) is 1.66. The maximum absolute atomic E-state index is 11.3. The van der Waals surface area contributed by atoms with Crippen molar-refractivity contribution < 1.29 is 14.7 Å². The molecule has 1 aliphatic rings. The van der Waals surface area contributed by atoms with Gasteiger partial charge in [-0.15, -0.1) is 0 Å². The molecule has 0 aromatic heterocycles. The lowest BCUT2D eigenvalue weighted by Gasteiger charge is -2.38. The summed E-state index contributed by atoms with van der Waals surface area (Å²) in [6.07, 6.45) is 5.47. The maximum Gasteiger partial charge on any atom is 0.162 e. The zero-order valence-corrected chi connectivity index (χ0v) is 9.41. The molecule has 0 saturated carbocycles. The number of hydrogen-bond acceptors (Lipinski definition) is 3. The molecule has 0 amide bonds. The number of aldehydes is 1. The summed E-state index contributed by atoms with van der Waals surface area (Å²) in [6, 6.07) is 0. The Morgan fingerprint density at radius 2 is 2.33 bits per heavy atom. The van der Waals surface area contributed by atoms with Crippen LogP contribution in [0.15, 0.2) is 23.3 Å². The van der Waals surface area contributed by atoms with Crippen molar-refractivity contribution in [2.45, 2.75) is 25.9 Å². The second-order valence-corrected chi connectivity index (χ2v) is 4.35. The van der Waals surface area contributed by atoms with Crippen LogP contribution in [0, 0.1) is 5.41 Å². The smallest absolute Gasteiger partial charge is 0.162 e. The number of halogens is 1. The van der Waals surface area contributed by atoms with Crippen LogP contribution in [0.25, 0.3) is 0 Å². The van der Waals surface area contributed by atoms with Crippen LogP contribution in [0.2, 0.25) is 0 Å². The molecule has 0 aromatic carbocycles. The van der Waals surface area contributed by atoms with Gasteiger partial charge in [0.1, 0.15) is 11.9 Å². The first-order valence-electron chi connectivity index (χ1n) is 4.60. The summed E-state index contributed by atoms with van der Waals surface area (Å²) < 4.78 is 0. The second kappa shape index (κ2) is 3.91. The third-order valence-electron chi connectivity index (χ3n) is 2.98. The van der Waals surface area contributed by atoms with E-state index in [1.807, 2.05) is 0 Å². The Labute approximate surface area is 93.4 Å². The molecule has 1 N–H and O–H groups in total. The summed E-state index contributed by atoms with van der Waals surface area (Å²) in [5.74, 6) is -0.439. The van der Waals surface area contributed by atoms with Gasteiger partial charge in [-0.2, -0.15) is 0 Å². The Bertz CT molecular complexity index is 355. The number of ketones is 1. The summed E-state index contributed by atoms with van der Waals surface area (Å²) in [4.78, 5) is 22.4. The van der Waals surface area contributed by atoms with E-state index in [0.717, 1.165) is 0 Å². The van der Waals surface area contributed by atoms with Crippen LogP contribution >= 0.6 is 11.6 Å². The van der Waals surface area contributed by atoms with Crippen LogP contribution in [0.3, 0.4) is 0 Å². The van der Waals surface area contributed by atoms with E-state index >= 15 is 0 Å². The Hall–Kier alpha value is -0.930. The van der Waals surface area contributed by atoms with Crippen molar-refractivity contribution in [2.24, 2.45) is 5.41 Å². The van der Waals surface area contributed by atoms with Crippen molar-refractivity contribution in [3.05, 3.63) is 23.3 Å².